The van der Waals surface area contributed by atoms with E-state index in [1.807, 2.05) is 10.3 Å². The van der Waals surface area contributed by atoms with Gasteiger partial charge in [-0.15, -0.1) is 0 Å². The molecule has 2 heterocycles. The molecule has 4 N–H and O–H groups in total. The van der Waals surface area contributed by atoms with Gasteiger partial charge in [-0.05, 0) is 12.1 Å². The molecule has 23 heavy (non-hydrogen) atoms. The normalized spacial score (nSPS) is 11.4. The molecule has 2 rings (SSSR count). The summed E-state index contributed by atoms with van der Waals surface area (Å²) in [4.78, 5) is 39.0. The summed E-state index contributed by atoms with van der Waals surface area (Å²) in [5.41, 5.74) is -3.87. The highest BCUT2D eigenvalue weighted by Gasteiger charge is 2.33. The molecule has 122 valence electrons. The fourth-order valence-corrected chi connectivity index (χ4v) is 1.77. The average Bonchev–Trinajstić information content (AvgIpc) is 2.43. The van der Waals surface area contributed by atoms with Crippen molar-refractivity contribution in [3.05, 3.63) is 33.7 Å². The van der Waals surface area contributed by atoms with Crippen LogP contribution in [0, 0.1) is 0 Å². The number of carbonyl (C=O) groups excluding carboxylic acids is 1. The van der Waals surface area contributed by atoms with E-state index in [1.54, 1.807) is 0 Å². The monoisotopic (exact) mass is 331 g/mol. The molecule has 0 unspecified atom stereocenters. The van der Waals surface area contributed by atoms with Crippen LogP contribution in [0.4, 0.5) is 13.2 Å². The number of aromatic amines is 1. The Balaban J connectivity index is 2.56. The van der Waals surface area contributed by atoms with E-state index in [0.717, 1.165) is 6.07 Å². The molecule has 0 radical (unpaired) electrons. The Bertz CT molecular complexity index is 859. The van der Waals surface area contributed by atoms with Crippen molar-refractivity contribution < 1.29 is 33.0 Å². The van der Waals surface area contributed by atoms with E-state index in [9.17, 15) is 32.7 Å². The number of hydrogen-bond donors (Lipinski definition) is 4. The van der Waals surface area contributed by atoms with Crippen LogP contribution < -0.4 is 10.9 Å². The topological polar surface area (TPSA) is 132 Å². The molecule has 0 aliphatic carbocycles. The molecule has 0 atom stereocenters. The van der Waals surface area contributed by atoms with Crippen LogP contribution in [0.3, 0.4) is 0 Å². The molecular weight excluding hydrogens is 323 g/mol. The van der Waals surface area contributed by atoms with Gasteiger partial charge < -0.3 is 20.5 Å². The summed E-state index contributed by atoms with van der Waals surface area (Å²) in [5, 5.41) is 19.9. The second-order valence-electron chi connectivity index (χ2n) is 4.34. The number of carboxylic acids is 1. The largest absolute Gasteiger partial charge is 0.506 e. The lowest BCUT2D eigenvalue weighted by Gasteiger charge is -2.09. The molecule has 11 heteroatoms. The lowest BCUT2D eigenvalue weighted by molar-refractivity contribution is -0.141. The maximum absolute atomic E-state index is 12.6. The third-order valence-electron chi connectivity index (χ3n) is 2.76. The van der Waals surface area contributed by atoms with Crippen LogP contribution in [-0.2, 0) is 11.0 Å². The smallest absolute Gasteiger partial charge is 0.433 e. The second kappa shape index (κ2) is 5.59. The summed E-state index contributed by atoms with van der Waals surface area (Å²) < 4.78 is 37.7. The lowest BCUT2D eigenvalue weighted by Crippen LogP contribution is -2.33. The van der Waals surface area contributed by atoms with Crippen molar-refractivity contribution in [2.45, 2.75) is 6.18 Å². The zero-order valence-corrected chi connectivity index (χ0v) is 11.1. The zero-order chi connectivity index (χ0) is 17.4. The number of aliphatic carboxylic acids is 1. The minimum Gasteiger partial charge on any atom is -0.506 e. The summed E-state index contributed by atoms with van der Waals surface area (Å²) in [7, 11) is 0. The summed E-state index contributed by atoms with van der Waals surface area (Å²) in [6.07, 6.45) is -4.75. The summed E-state index contributed by atoms with van der Waals surface area (Å²) in [6, 6.07) is 1.41. The van der Waals surface area contributed by atoms with Crippen LogP contribution in [-0.4, -0.2) is 38.6 Å². The van der Waals surface area contributed by atoms with Gasteiger partial charge in [-0.1, -0.05) is 0 Å². The van der Waals surface area contributed by atoms with Crippen molar-refractivity contribution in [2.24, 2.45) is 0 Å². The van der Waals surface area contributed by atoms with E-state index in [4.69, 9.17) is 5.11 Å². The van der Waals surface area contributed by atoms with Gasteiger partial charge >= 0.3 is 12.1 Å². The standard InChI is InChI=1S/C12H8F3N3O5/c13-12(14,15)5-2-1-4-8(21)7(10(22)16-3-6(19)20)11(23)18-9(4)17-5/h1-2H,3H2,(H,16,22)(H,19,20)(H2,17,18,21,23). The van der Waals surface area contributed by atoms with Gasteiger partial charge in [-0.3, -0.25) is 14.4 Å². The number of fused-ring (bicyclic) bond motifs is 1. The van der Waals surface area contributed by atoms with Crippen molar-refractivity contribution in [3.63, 3.8) is 0 Å². The lowest BCUT2D eigenvalue weighted by atomic mass is 10.1. The van der Waals surface area contributed by atoms with Gasteiger partial charge in [0.1, 0.15) is 29.2 Å². The van der Waals surface area contributed by atoms with Crippen LogP contribution in [0.25, 0.3) is 11.0 Å². The highest BCUT2D eigenvalue weighted by molar-refractivity contribution is 6.02. The SMILES string of the molecule is O=C(O)CNC(=O)c1c(O)c2ccc(C(F)(F)F)nc2[nH]c1=O. The number of H-pyrrole nitrogens is 1. The van der Waals surface area contributed by atoms with E-state index in [0.29, 0.717) is 6.07 Å². The first-order valence-corrected chi connectivity index (χ1v) is 5.94. The number of alkyl halides is 3. The molecule has 0 aromatic carbocycles. The van der Waals surface area contributed by atoms with E-state index in [1.165, 1.54) is 0 Å². The first-order chi connectivity index (χ1) is 10.6. The highest BCUT2D eigenvalue weighted by atomic mass is 19.4. The number of amides is 1. The number of halogens is 3. The van der Waals surface area contributed by atoms with Crippen LogP contribution in [0.1, 0.15) is 16.1 Å². The summed E-state index contributed by atoms with van der Waals surface area (Å²) in [5.74, 6) is -3.47. The fraction of sp³-hybridized carbons (Fsp3) is 0.167. The predicted octanol–water partition coefficient (Wildman–Crippen LogP) is 0.462. The molecule has 0 spiro atoms. The maximum Gasteiger partial charge on any atom is 0.433 e. The number of carboxylic acid groups (broad SMARTS) is 1. The van der Waals surface area contributed by atoms with Gasteiger partial charge in [-0.2, -0.15) is 13.2 Å². The highest BCUT2D eigenvalue weighted by Crippen LogP contribution is 2.30. The summed E-state index contributed by atoms with van der Waals surface area (Å²) in [6.45, 7) is -0.805. The minimum atomic E-state index is -4.75. The van der Waals surface area contributed by atoms with E-state index >= 15 is 0 Å². The Labute approximate surface area is 124 Å². The maximum atomic E-state index is 12.6. The van der Waals surface area contributed by atoms with Crippen LogP contribution >= 0.6 is 0 Å². The molecular formula is C12H8F3N3O5. The van der Waals surface area contributed by atoms with Crippen LogP contribution in [0.2, 0.25) is 0 Å². The van der Waals surface area contributed by atoms with Gasteiger partial charge in [-0.25, -0.2) is 4.98 Å². The van der Waals surface area contributed by atoms with Gasteiger partial charge in [0.25, 0.3) is 11.5 Å². The van der Waals surface area contributed by atoms with E-state index in [2.05, 4.69) is 4.98 Å². The number of aromatic nitrogens is 2. The number of nitrogens with one attached hydrogen (secondary N) is 2. The fourth-order valence-electron chi connectivity index (χ4n) is 1.77. The van der Waals surface area contributed by atoms with E-state index in [-0.39, 0.29) is 5.39 Å². The van der Waals surface area contributed by atoms with Gasteiger partial charge in [0, 0.05) is 0 Å². The molecule has 2 aromatic heterocycles. The average molecular weight is 331 g/mol. The summed E-state index contributed by atoms with van der Waals surface area (Å²) >= 11 is 0. The van der Waals surface area contributed by atoms with Gasteiger partial charge in [0.15, 0.2) is 0 Å². The third-order valence-corrected chi connectivity index (χ3v) is 2.76. The Morgan fingerprint density at radius 2 is 1.96 bits per heavy atom. The van der Waals surface area contributed by atoms with Gasteiger partial charge in [0.2, 0.25) is 0 Å². The zero-order valence-electron chi connectivity index (χ0n) is 11.1. The number of aromatic hydroxyl groups is 1. The molecule has 0 saturated heterocycles. The number of pyridine rings is 2. The van der Waals surface area contributed by atoms with Crippen molar-refractivity contribution in [3.8, 4) is 5.75 Å². The first kappa shape index (κ1) is 16.3. The van der Waals surface area contributed by atoms with Crippen LogP contribution in [0.15, 0.2) is 16.9 Å². The Hall–Kier alpha value is -3.11. The molecule has 2 aromatic rings. The van der Waals surface area contributed by atoms with Crippen molar-refractivity contribution in [1.82, 2.24) is 15.3 Å². The molecule has 8 nitrogen and oxygen atoms in total. The van der Waals surface area contributed by atoms with E-state index < -0.39 is 52.8 Å². The second-order valence-corrected chi connectivity index (χ2v) is 4.34. The number of hydrogen-bond acceptors (Lipinski definition) is 5. The Kier molecular flexibility index (Phi) is 3.95. The third kappa shape index (κ3) is 3.22. The quantitative estimate of drug-likeness (QED) is 0.646. The molecule has 0 bridgehead atoms. The number of nitrogens with zero attached hydrogens (tertiary/aromatic N) is 1. The molecule has 0 fully saturated rings. The van der Waals surface area contributed by atoms with Crippen molar-refractivity contribution in [1.29, 1.82) is 0 Å². The van der Waals surface area contributed by atoms with Gasteiger partial charge in [0.05, 0.1) is 5.39 Å². The number of carbonyl (C=O) groups is 2. The molecule has 1 amide bonds. The Morgan fingerprint density at radius 1 is 1.30 bits per heavy atom. The van der Waals surface area contributed by atoms with Crippen LogP contribution in [0.5, 0.6) is 5.75 Å². The van der Waals surface area contributed by atoms with Crippen molar-refractivity contribution in [2.75, 3.05) is 6.54 Å². The number of rotatable bonds is 3. The molecule has 0 aliphatic rings. The van der Waals surface area contributed by atoms with Crippen molar-refractivity contribution >= 4 is 22.9 Å². The molecule has 0 aliphatic heterocycles. The minimum absolute atomic E-state index is 0.293. The predicted molar refractivity (Wildman–Crippen MR) is 69.0 cm³/mol. The first-order valence-electron chi connectivity index (χ1n) is 5.94. The molecule has 0 saturated carbocycles. The Morgan fingerprint density at radius 3 is 2.52 bits per heavy atom.